The average molecular weight is 400 g/mol. The van der Waals surface area contributed by atoms with E-state index in [1.165, 1.54) is 9.87 Å². The minimum atomic E-state index is -3.49. The van der Waals surface area contributed by atoms with Gasteiger partial charge in [0, 0.05) is 38.4 Å². The van der Waals surface area contributed by atoms with E-state index in [4.69, 9.17) is 0 Å². The van der Waals surface area contributed by atoms with Crippen LogP contribution in [0.5, 0.6) is 0 Å². The third-order valence-corrected chi connectivity index (χ3v) is 7.42. The molecule has 2 aliphatic rings. The van der Waals surface area contributed by atoms with Crippen molar-refractivity contribution in [1.29, 1.82) is 0 Å². The molecule has 2 heterocycles. The maximum Gasteiger partial charge on any atom is 0.243 e. The molecule has 1 amide bonds. The van der Waals surface area contributed by atoms with Crippen molar-refractivity contribution >= 4 is 21.6 Å². The van der Waals surface area contributed by atoms with Crippen LogP contribution in [-0.4, -0.2) is 62.8 Å². The van der Waals surface area contributed by atoms with E-state index in [2.05, 4.69) is 17.0 Å². The van der Waals surface area contributed by atoms with Crippen molar-refractivity contribution in [1.82, 2.24) is 9.21 Å². The first-order valence-electron chi connectivity index (χ1n) is 9.71. The van der Waals surface area contributed by atoms with Gasteiger partial charge in [-0.05, 0) is 36.6 Å². The zero-order valence-corrected chi connectivity index (χ0v) is 16.6. The first-order valence-corrected chi connectivity index (χ1v) is 11.2. The first-order chi connectivity index (χ1) is 13.6. The molecule has 7 heteroatoms. The summed E-state index contributed by atoms with van der Waals surface area (Å²) >= 11 is 0. The molecule has 0 radical (unpaired) electrons. The topological polar surface area (TPSA) is 60.9 Å². The number of carbonyl (C=O) groups is 1. The number of hydrogen-bond donors (Lipinski definition) is 0. The van der Waals surface area contributed by atoms with Crippen LogP contribution < -0.4 is 4.90 Å². The van der Waals surface area contributed by atoms with Gasteiger partial charge < -0.3 is 9.80 Å². The van der Waals surface area contributed by atoms with E-state index in [1.54, 1.807) is 35.2 Å². The van der Waals surface area contributed by atoms with Crippen LogP contribution in [-0.2, 0) is 21.2 Å². The van der Waals surface area contributed by atoms with E-state index in [9.17, 15) is 13.2 Å². The molecule has 0 atom stereocenters. The van der Waals surface area contributed by atoms with E-state index < -0.39 is 10.0 Å². The highest BCUT2D eigenvalue weighted by Gasteiger charge is 2.30. The third kappa shape index (κ3) is 3.77. The average Bonchev–Trinajstić information content (AvgIpc) is 2.75. The van der Waals surface area contributed by atoms with E-state index in [1.807, 2.05) is 12.1 Å². The molecule has 2 aromatic carbocycles. The van der Waals surface area contributed by atoms with Gasteiger partial charge in [0.05, 0.1) is 11.4 Å². The lowest BCUT2D eigenvalue weighted by molar-refractivity contribution is -0.130. The highest BCUT2D eigenvalue weighted by Crippen LogP contribution is 2.26. The Bertz CT molecular complexity index is 938. The van der Waals surface area contributed by atoms with Crippen LogP contribution in [0.25, 0.3) is 0 Å². The van der Waals surface area contributed by atoms with Gasteiger partial charge in [0.25, 0.3) is 0 Å². The molecule has 0 bridgehead atoms. The summed E-state index contributed by atoms with van der Waals surface area (Å²) in [7, 11) is -3.49. The van der Waals surface area contributed by atoms with Crippen molar-refractivity contribution in [2.75, 3.05) is 44.2 Å². The molecule has 0 spiro atoms. The Balaban J connectivity index is 1.37. The summed E-state index contributed by atoms with van der Waals surface area (Å²) in [5.74, 6) is 0.0634. The maximum absolute atomic E-state index is 12.8. The third-order valence-electron chi connectivity index (χ3n) is 5.50. The number of benzene rings is 2. The molecule has 0 saturated carbocycles. The standard InChI is InChI=1S/C21H25N3O3S/c25-21(17-23-12-6-8-18-7-4-5-11-20(18)23)22-13-15-24(16-14-22)28(26,27)19-9-2-1-3-10-19/h1-5,7,9-11H,6,8,12-17H2. The Hall–Kier alpha value is -2.38. The highest BCUT2D eigenvalue weighted by molar-refractivity contribution is 7.89. The predicted molar refractivity (Wildman–Crippen MR) is 109 cm³/mol. The Kier molecular flexibility index (Phi) is 5.37. The molecule has 2 aromatic rings. The maximum atomic E-state index is 12.8. The summed E-state index contributed by atoms with van der Waals surface area (Å²) in [4.78, 5) is 17.1. The lowest BCUT2D eigenvalue weighted by atomic mass is 10.0. The summed E-state index contributed by atoms with van der Waals surface area (Å²) in [6.07, 6.45) is 2.10. The molecular formula is C21H25N3O3S. The number of anilines is 1. The second kappa shape index (κ2) is 7.93. The number of carbonyl (C=O) groups excluding carboxylic acids is 1. The van der Waals surface area contributed by atoms with Crippen molar-refractivity contribution in [3.63, 3.8) is 0 Å². The Labute approximate surface area is 166 Å². The van der Waals surface area contributed by atoms with E-state index in [0.717, 1.165) is 25.1 Å². The lowest BCUT2D eigenvalue weighted by Crippen LogP contribution is -2.52. The molecule has 0 unspecified atom stereocenters. The predicted octanol–water partition coefficient (Wildman–Crippen LogP) is 1.97. The number of aryl methyl sites for hydroxylation is 1. The molecule has 28 heavy (non-hydrogen) atoms. The van der Waals surface area contributed by atoms with Crippen LogP contribution in [0.15, 0.2) is 59.5 Å². The van der Waals surface area contributed by atoms with Gasteiger partial charge in [-0.1, -0.05) is 36.4 Å². The van der Waals surface area contributed by atoms with E-state index in [0.29, 0.717) is 37.6 Å². The minimum absolute atomic E-state index is 0.0634. The second-order valence-electron chi connectivity index (χ2n) is 7.25. The van der Waals surface area contributed by atoms with Crippen molar-refractivity contribution in [2.24, 2.45) is 0 Å². The van der Waals surface area contributed by atoms with Gasteiger partial charge in [0.15, 0.2) is 0 Å². The van der Waals surface area contributed by atoms with Crippen LogP contribution in [0.3, 0.4) is 0 Å². The Morgan fingerprint density at radius 1 is 0.857 bits per heavy atom. The SMILES string of the molecule is O=C(CN1CCCc2ccccc21)N1CCN(S(=O)(=O)c2ccccc2)CC1. The summed E-state index contributed by atoms with van der Waals surface area (Å²) in [5.41, 5.74) is 2.44. The molecule has 148 valence electrons. The van der Waals surface area contributed by atoms with Gasteiger partial charge >= 0.3 is 0 Å². The van der Waals surface area contributed by atoms with Gasteiger partial charge in [-0.25, -0.2) is 8.42 Å². The second-order valence-corrected chi connectivity index (χ2v) is 9.19. The number of hydrogen-bond acceptors (Lipinski definition) is 4. The lowest BCUT2D eigenvalue weighted by Gasteiger charge is -2.36. The fraction of sp³-hybridized carbons (Fsp3) is 0.381. The molecular weight excluding hydrogens is 374 g/mol. The molecule has 0 aromatic heterocycles. The summed E-state index contributed by atoms with van der Waals surface area (Å²) in [6.45, 7) is 2.76. The number of nitrogens with zero attached hydrogens (tertiary/aromatic N) is 3. The van der Waals surface area contributed by atoms with Gasteiger partial charge in [0.2, 0.25) is 15.9 Å². The van der Waals surface area contributed by atoms with E-state index >= 15 is 0 Å². The highest BCUT2D eigenvalue weighted by atomic mass is 32.2. The summed E-state index contributed by atoms with van der Waals surface area (Å²) in [6, 6.07) is 16.7. The minimum Gasteiger partial charge on any atom is -0.362 e. The van der Waals surface area contributed by atoms with Crippen molar-refractivity contribution < 1.29 is 13.2 Å². The molecule has 0 N–H and O–H groups in total. The first kappa shape index (κ1) is 19.0. The van der Waals surface area contributed by atoms with Crippen LogP contribution in [0, 0.1) is 0 Å². The van der Waals surface area contributed by atoms with Crippen LogP contribution in [0.4, 0.5) is 5.69 Å². The molecule has 1 saturated heterocycles. The number of sulfonamides is 1. The van der Waals surface area contributed by atoms with Gasteiger partial charge in [0.1, 0.15) is 0 Å². The van der Waals surface area contributed by atoms with Gasteiger partial charge in [-0.15, -0.1) is 0 Å². The molecule has 0 aliphatic carbocycles. The zero-order valence-electron chi connectivity index (χ0n) is 15.8. The smallest absolute Gasteiger partial charge is 0.243 e. The quantitative estimate of drug-likeness (QED) is 0.789. The summed E-state index contributed by atoms with van der Waals surface area (Å²) < 4.78 is 26.9. The molecule has 1 fully saturated rings. The number of para-hydroxylation sites is 1. The van der Waals surface area contributed by atoms with Crippen LogP contribution in [0.1, 0.15) is 12.0 Å². The largest absolute Gasteiger partial charge is 0.362 e. The normalized spacial score (nSPS) is 18.0. The zero-order chi connectivity index (χ0) is 19.6. The van der Waals surface area contributed by atoms with Crippen LogP contribution in [0.2, 0.25) is 0 Å². The van der Waals surface area contributed by atoms with Gasteiger partial charge in [-0.2, -0.15) is 4.31 Å². The molecule has 6 nitrogen and oxygen atoms in total. The fourth-order valence-corrected chi connectivity index (χ4v) is 5.40. The number of amides is 1. The van der Waals surface area contributed by atoms with Crippen molar-refractivity contribution in [3.05, 3.63) is 60.2 Å². The molecule has 4 rings (SSSR count). The Morgan fingerprint density at radius 3 is 2.29 bits per heavy atom. The van der Waals surface area contributed by atoms with Crippen molar-refractivity contribution in [2.45, 2.75) is 17.7 Å². The van der Waals surface area contributed by atoms with Crippen molar-refractivity contribution in [3.8, 4) is 0 Å². The summed E-state index contributed by atoms with van der Waals surface area (Å²) in [5, 5.41) is 0. The fourth-order valence-electron chi connectivity index (χ4n) is 3.96. The van der Waals surface area contributed by atoms with Crippen LogP contribution >= 0.6 is 0 Å². The Morgan fingerprint density at radius 2 is 1.54 bits per heavy atom. The van der Waals surface area contributed by atoms with Gasteiger partial charge in [-0.3, -0.25) is 4.79 Å². The number of rotatable bonds is 4. The van der Waals surface area contributed by atoms with E-state index in [-0.39, 0.29) is 5.91 Å². The molecule has 2 aliphatic heterocycles. The monoisotopic (exact) mass is 399 g/mol. The number of piperazine rings is 1. The number of fused-ring (bicyclic) bond motifs is 1.